The van der Waals surface area contributed by atoms with Gasteiger partial charge < -0.3 is 15.7 Å². The van der Waals surface area contributed by atoms with Crippen LogP contribution in [-0.2, 0) is 6.42 Å². The normalized spacial score (nSPS) is 15.0. The molecule has 0 radical (unpaired) electrons. The Hall–Kier alpha value is -1.55. The van der Waals surface area contributed by atoms with Crippen molar-refractivity contribution in [3.8, 4) is 0 Å². The van der Waals surface area contributed by atoms with Crippen molar-refractivity contribution >= 4 is 6.03 Å². The lowest BCUT2D eigenvalue weighted by molar-refractivity contribution is 0.163. The standard InChI is InChI=1S/C17H28N2O2/c1-4-16(11-15-8-6-5-7-9-15)19-17(21)18-12-13(2)10-14(3)20/h5-9,13-14,16,20H,4,10-12H2,1-3H3,(H2,18,19,21). The van der Waals surface area contributed by atoms with Gasteiger partial charge in [-0.1, -0.05) is 44.2 Å². The minimum atomic E-state index is -0.327. The minimum Gasteiger partial charge on any atom is -0.393 e. The molecule has 0 bridgehead atoms. The second-order valence-electron chi connectivity index (χ2n) is 5.84. The molecule has 3 atom stereocenters. The van der Waals surface area contributed by atoms with E-state index in [2.05, 4.69) is 29.7 Å². The van der Waals surface area contributed by atoms with Crippen molar-refractivity contribution in [1.29, 1.82) is 0 Å². The van der Waals surface area contributed by atoms with Crippen LogP contribution in [0.15, 0.2) is 30.3 Å². The number of carbonyl (C=O) groups excluding carboxylic acids is 1. The van der Waals surface area contributed by atoms with E-state index in [0.29, 0.717) is 13.0 Å². The second kappa shape index (κ2) is 9.40. The Morgan fingerprint density at radius 1 is 1.24 bits per heavy atom. The van der Waals surface area contributed by atoms with E-state index in [9.17, 15) is 9.90 Å². The van der Waals surface area contributed by atoms with Crippen LogP contribution in [0.5, 0.6) is 0 Å². The Balaban J connectivity index is 2.34. The first-order chi connectivity index (χ1) is 10.0. The number of rotatable bonds is 8. The van der Waals surface area contributed by atoms with Gasteiger partial charge in [0.25, 0.3) is 0 Å². The van der Waals surface area contributed by atoms with E-state index >= 15 is 0 Å². The monoisotopic (exact) mass is 292 g/mol. The molecule has 21 heavy (non-hydrogen) atoms. The maximum absolute atomic E-state index is 11.9. The molecule has 0 aliphatic carbocycles. The molecule has 0 aliphatic heterocycles. The number of aliphatic hydroxyl groups is 1. The van der Waals surface area contributed by atoms with Crippen LogP contribution in [0.4, 0.5) is 4.79 Å². The van der Waals surface area contributed by atoms with Crippen molar-refractivity contribution in [1.82, 2.24) is 10.6 Å². The maximum Gasteiger partial charge on any atom is 0.315 e. The molecule has 0 saturated carbocycles. The molecule has 3 unspecified atom stereocenters. The summed E-state index contributed by atoms with van der Waals surface area (Å²) in [5.41, 5.74) is 1.23. The van der Waals surface area contributed by atoms with Crippen LogP contribution in [0, 0.1) is 5.92 Å². The summed E-state index contributed by atoms with van der Waals surface area (Å²) in [5.74, 6) is 0.268. The quantitative estimate of drug-likeness (QED) is 0.690. The van der Waals surface area contributed by atoms with E-state index in [1.165, 1.54) is 5.56 Å². The smallest absolute Gasteiger partial charge is 0.315 e. The van der Waals surface area contributed by atoms with Crippen molar-refractivity contribution in [2.24, 2.45) is 5.92 Å². The number of benzene rings is 1. The summed E-state index contributed by atoms with van der Waals surface area (Å²) >= 11 is 0. The lowest BCUT2D eigenvalue weighted by atomic mass is 10.0. The molecule has 4 nitrogen and oxygen atoms in total. The van der Waals surface area contributed by atoms with Crippen molar-refractivity contribution in [2.75, 3.05) is 6.54 Å². The molecule has 0 spiro atoms. The number of nitrogens with one attached hydrogen (secondary N) is 2. The molecule has 1 aromatic rings. The Morgan fingerprint density at radius 2 is 1.90 bits per heavy atom. The van der Waals surface area contributed by atoms with Gasteiger partial charge in [0.15, 0.2) is 0 Å². The summed E-state index contributed by atoms with van der Waals surface area (Å²) in [6.07, 6.45) is 2.10. The molecule has 0 heterocycles. The zero-order valence-electron chi connectivity index (χ0n) is 13.3. The van der Waals surface area contributed by atoms with Gasteiger partial charge in [-0.2, -0.15) is 0 Å². The molecule has 1 rings (SSSR count). The van der Waals surface area contributed by atoms with Gasteiger partial charge in [-0.15, -0.1) is 0 Å². The molecule has 2 amide bonds. The van der Waals surface area contributed by atoms with Gasteiger partial charge in [0.05, 0.1) is 6.10 Å². The van der Waals surface area contributed by atoms with Gasteiger partial charge in [-0.3, -0.25) is 0 Å². The second-order valence-corrected chi connectivity index (χ2v) is 5.84. The zero-order valence-corrected chi connectivity index (χ0v) is 13.3. The summed E-state index contributed by atoms with van der Waals surface area (Å²) in [5, 5.41) is 15.2. The number of urea groups is 1. The SMILES string of the molecule is CCC(Cc1ccccc1)NC(=O)NCC(C)CC(C)O. The van der Waals surface area contributed by atoms with E-state index in [1.54, 1.807) is 6.92 Å². The Bertz CT molecular complexity index is 407. The van der Waals surface area contributed by atoms with Gasteiger partial charge in [0.2, 0.25) is 0 Å². The molecule has 0 saturated heterocycles. The van der Waals surface area contributed by atoms with E-state index < -0.39 is 0 Å². The van der Waals surface area contributed by atoms with Gasteiger partial charge in [0.1, 0.15) is 0 Å². The number of hydrogen-bond acceptors (Lipinski definition) is 2. The van der Waals surface area contributed by atoms with Crippen molar-refractivity contribution in [2.45, 2.75) is 52.2 Å². The fraction of sp³-hybridized carbons (Fsp3) is 0.588. The van der Waals surface area contributed by atoms with Crippen LogP contribution in [0.25, 0.3) is 0 Å². The minimum absolute atomic E-state index is 0.129. The van der Waals surface area contributed by atoms with Gasteiger partial charge in [0, 0.05) is 12.6 Å². The van der Waals surface area contributed by atoms with Gasteiger partial charge in [-0.25, -0.2) is 4.79 Å². The number of hydrogen-bond donors (Lipinski definition) is 3. The molecular weight excluding hydrogens is 264 g/mol. The summed E-state index contributed by atoms with van der Waals surface area (Å²) in [6, 6.07) is 10.2. The van der Waals surface area contributed by atoms with Crippen molar-refractivity contribution in [3.63, 3.8) is 0 Å². The van der Waals surface area contributed by atoms with Gasteiger partial charge >= 0.3 is 6.03 Å². The van der Waals surface area contributed by atoms with E-state index in [1.807, 2.05) is 25.1 Å². The third-order valence-electron chi connectivity index (χ3n) is 3.51. The van der Waals surface area contributed by atoms with Crippen LogP contribution in [-0.4, -0.2) is 29.8 Å². The number of carbonyl (C=O) groups is 1. The number of aliphatic hydroxyl groups excluding tert-OH is 1. The van der Waals surface area contributed by atoms with Crippen LogP contribution in [0.3, 0.4) is 0 Å². The average molecular weight is 292 g/mol. The summed E-state index contributed by atoms with van der Waals surface area (Å²) in [6.45, 7) is 6.44. The topological polar surface area (TPSA) is 61.4 Å². The molecule has 1 aromatic carbocycles. The van der Waals surface area contributed by atoms with Crippen LogP contribution in [0.2, 0.25) is 0 Å². The third-order valence-corrected chi connectivity index (χ3v) is 3.51. The Kier molecular flexibility index (Phi) is 7.83. The van der Waals surface area contributed by atoms with Crippen molar-refractivity contribution < 1.29 is 9.90 Å². The highest BCUT2D eigenvalue weighted by Crippen LogP contribution is 2.06. The van der Waals surface area contributed by atoms with Crippen LogP contribution >= 0.6 is 0 Å². The first-order valence-electron chi connectivity index (χ1n) is 7.77. The molecule has 0 aromatic heterocycles. The highest BCUT2D eigenvalue weighted by molar-refractivity contribution is 5.74. The largest absolute Gasteiger partial charge is 0.393 e. The fourth-order valence-corrected chi connectivity index (χ4v) is 2.37. The van der Waals surface area contributed by atoms with E-state index in [0.717, 1.165) is 12.8 Å². The lowest BCUT2D eigenvalue weighted by Crippen LogP contribution is -2.44. The molecule has 118 valence electrons. The highest BCUT2D eigenvalue weighted by Gasteiger charge is 2.12. The van der Waals surface area contributed by atoms with Crippen LogP contribution < -0.4 is 10.6 Å². The number of amides is 2. The maximum atomic E-state index is 11.9. The Labute approximate surface area is 128 Å². The first kappa shape index (κ1) is 17.5. The Morgan fingerprint density at radius 3 is 2.48 bits per heavy atom. The summed E-state index contributed by atoms with van der Waals surface area (Å²) in [7, 11) is 0. The summed E-state index contributed by atoms with van der Waals surface area (Å²) in [4.78, 5) is 11.9. The highest BCUT2D eigenvalue weighted by atomic mass is 16.3. The average Bonchev–Trinajstić information content (AvgIpc) is 2.45. The fourth-order valence-electron chi connectivity index (χ4n) is 2.37. The van der Waals surface area contributed by atoms with Crippen molar-refractivity contribution in [3.05, 3.63) is 35.9 Å². The molecule has 0 aliphatic rings. The lowest BCUT2D eigenvalue weighted by Gasteiger charge is -2.19. The third kappa shape index (κ3) is 7.71. The molecular formula is C17H28N2O2. The van der Waals surface area contributed by atoms with E-state index in [-0.39, 0.29) is 24.1 Å². The van der Waals surface area contributed by atoms with Gasteiger partial charge in [-0.05, 0) is 37.7 Å². The zero-order chi connectivity index (χ0) is 15.7. The molecule has 0 fully saturated rings. The molecule has 4 heteroatoms. The molecule has 3 N–H and O–H groups in total. The van der Waals surface area contributed by atoms with Crippen LogP contribution in [0.1, 0.15) is 39.2 Å². The predicted molar refractivity (Wildman–Crippen MR) is 86.2 cm³/mol. The predicted octanol–water partition coefficient (Wildman–Crippen LogP) is 2.71. The summed E-state index contributed by atoms with van der Waals surface area (Å²) < 4.78 is 0. The first-order valence-corrected chi connectivity index (χ1v) is 7.77. The van der Waals surface area contributed by atoms with E-state index in [4.69, 9.17) is 0 Å².